The van der Waals surface area contributed by atoms with Gasteiger partial charge in [-0.25, -0.2) is 9.97 Å². The normalized spacial score (nSPS) is 13.7. The molecule has 0 saturated heterocycles. The minimum Gasteiger partial charge on any atom is -0.395 e. The van der Waals surface area contributed by atoms with Crippen LogP contribution in [0.25, 0.3) is 11.4 Å². The van der Waals surface area contributed by atoms with Gasteiger partial charge < -0.3 is 20.3 Å². The molecule has 7 heteroatoms. The van der Waals surface area contributed by atoms with Crippen molar-refractivity contribution in [2.24, 2.45) is 7.05 Å². The molecule has 0 aromatic carbocycles. The Morgan fingerprint density at radius 3 is 3.14 bits per heavy atom. The van der Waals surface area contributed by atoms with Gasteiger partial charge in [0, 0.05) is 38.4 Å². The van der Waals surface area contributed by atoms with Crippen LogP contribution >= 0.6 is 0 Å². The highest BCUT2D eigenvalue weighted by Gasteiger charge is 2.23. The fraction of sp³-hybridized carbons (Fsp3) is 0.357. The summed E-state index contributed by atoms with van der Waals surface area (Å²) in [5.41, 5.74) is 3.36. The lowest BCUT2D eigenvalue weighted by molar-refractivity contribution is 0.0945. The van der Waals surface area contributed by atoms with Gasteiger partial charge >= 0.3 is 0 Å². The van der Waals surface area contributed by atoms with E-state index in [0.717, 1.165) is 23.5 Å². The molecule has 0 radical (unpaired) electrons. The van der Waals surface area contributed by atoms with Crippen LogP contribution in [0.3, 0.4) is 0 Å². The number of aromatic nitrogens is 3. The lowest BCUT2D eigenvalue weighted by Crippen LogP contribution is -2.31. The number of anilines is 1. The average Bonchev–Trinajstić information content (AvgIpc) is 2.84. The number of nitrogens with zero attached hydrogens (tertiary/aromatic N) is 3. The molecule has 0 unspecified atom stereocenters. The molecule has 2 aromatic rings. The van der Waals surface area contributed by atoms with Crippen molar-refractivity contribution in [2.75, 3.05) is 25.0 Å². The zero-order chi connectivity index (χ0) is 14.8. The Morgan fingerprint density at radius 2 is 2.38 bits per heavy atom. The number of amides is 1. The highest BCUT2D eigenvalue weighted by atomic mass is 16.3. The Labute approximate surface area is 122 Å². The number of hydrogen-bond acceptors (Lipinski definition) is 5. The smallest absolute Gasteiger partial charge is 0.253 e. The molecule has 0 saturated carbocycles. The van der Waals surface area contributed by atoms with Crippen molar-refractivity contribution in [1.82, 2.24) is 19.9 Å². The number of fused-ring (bicyclic) bond motifs is 1. The van der Waals surface area contributed by atoms with E-state index in [9.17, 15) is 4.79 Å². The summed E-state index contributed by atoms with van der Waals surface area (Å²) in [4.78, 5) is 20.4. The monoisotopic (exact) mass is 287 g/mol. The van der Waals surface area contributed by atoms with Gasteiger partial charge in [0.25, 0.3) is 5.91 Å². The van der Waals surface area contributed by atoms with Crippen LogP contribution in [0.1, 0.15) is 16.1 Å². The third kappa shape index (κ3) is 2.47. The SMILES string of the molecule is Cn1c(-c2ccnc(NCCO)n2)cc2c1CCNC2=O. The van der Waals surface area contributed by atoms with Crippen molar-refractivity contribution < 1.29 is 9.90 Å². The quantitative estimate of drug-likeness (QED) is 0.745. The predicted molar refractivity (Wildman–Crippen MR) is 78.1 cm³/mol. The fourth-order valence-electron chi connectivity index (χ4n) is 2.53. The molecule has 3 heterocycles. The first-order chi connectivity index (χ1) is 10.2. The molecule has 1 aliphatic heterocycles. The second-order valence-corrected chi connectivity index (χ2v) is 4.87. The first-order valence-electron chi connectivity index (χ1n) is 6.85. The summed E-state index contributed by atoms with van der Waals surface area (Å²) < 4.78 is 2.01. The molecule has 110 valence electrons. The molecule has 0 spiro atoms. The summed E-state index contributed by atoms with van der Waals surface area (Å²) in [6.07, 6.45) is 2.48. The van der Waals surface area contributed by atoms with E-state index in [0.29, 0.717) is 24.6 Å². The maximum Gasteiger partial charge on any atom is 0.253 e. The van der Waals surface area contributed by atoms with Crippen molar-refractivity contribution in [3.63, 3.8) is 0 Å². The lowest BCUT2D eigenvalue weighted by atomic mass is 10.1. The maximum atomic E-state index is 11.9. The average molecular weight is 287 g/mol. The van der Waals surface area contributed by atoms with Crippen molar-refractivity contribution in [1.29, 1.82) is 0 Å². The third-order valence-corrected chi connectivity index (χ3v) is 3.56. The number of hydrogen-bond donors (Lipinski definition) is 3. The van der Waals surface area contributed by atoms with Crippen LogP contribution in [-0.2, 0) is 13.5 Å². The summed E-state index contributed by atoms with van der Waals surface area (Å²) in [6.45, 7) is 1.08. The number of carbonyl (C=O) groups excluding carboxylic acids is 1. The van der Waals surface area contributed by atoms with Gasteiger partial charge in [0.15, 0.2) is 0 Å². The van der Waals surface area contributed by atoms with Crippen molar-refractivity contribution >= 4 is 11.9 Å². The largest absolute Gasteiger partial charge is 0.395 e. The molecular weight excluding hydrogens is 270 g/mol. The van der Waals surface area contributed by atoms with Crippen molar-refractivity contribution in [2.45, 2.75) is 6.42 Å². The highest BCUT2D eigenvalue weighted by Crippen LogP contribution is 2.26. The van der Waals surface area contributed by atoms with Gasteiger partial charge in [0.05, 0.1) is 23.6 Å². The van der Waals surface area contributed by atoms with Gasteiger partial charge in [-0.3, -0.25) is 4.79 Å². The zero-order valence-electron chi connectivity index (χ0n) is 11.8. The molecule has 21 heavy (non-hydrogen) atoms. The van der Waals surface area contributed by atoms with Crippen LogP contribution in [0.15, 0.2) is 18.3 Å². The van der Waals surface area contributed by atoms with Crippen LogP contribution in [0.4, 0.5) is 5.95 Å². The van der Waals surface area contributed by atoms with Gasteiger partial charge in [-0.15, -0.1) is 0 Å². The standard InChI is InChI=1S/C14H17N5O2/c1-19-11-3-5-15-13(21)9(11)8-12(19)10-2-4-16-14(18-10)17-6-7-20/h2,4,8,20H,3,5-7H2,1H3,(H,15,21)(H,16,17,18). The summed E-state index contributed by atoms with van der Waals surface area (Å²) in [7, 11) is 1.94. The van der Waals surface area contributed by atoms with E-state index in [4.69, 9.17) is 5.11 Å². The fourth-order valence-corrected chi connectivity index (χ4v) is 2.53. The minimum atomic E-state index is -0.0363. The van der Waals surface area contributed by atoms with Gasteiger partial charge in [0.1, 0.15) is 0 Å². The van der Waals surface area contributed by atoms with Crippen LogP contribution in [-0.4, -0.2) is 45.2 Å². The molecule has 7 nitrogen and oxygen atoms in total. The number of rotatable bonds is 4. The topological polar surface area (TPSA) is 92.1 Å². The molecule has 1 amide bonds. The highest BCUT2D eigenvalue weighted by molar-refractivity contribution is 5.97. The van der Waals surface area contributed by atoms with Crippen molar-refractivity contribution in [3.8, 4) is 11.4 Å². The van der Waals surface area contributed by atoms with E-state index in [1.54, 1.807) is 6.20 Å². The van der Waals surface area contributed by atoms with E-state index in [1.807, 2.05) is 23.7 Å². The Bertz CT molecular complexity index is 680. The molecule has 0 bridgehead atoms. The number of aliphatic hydroxyl groups excluding tert-OH is 1. The summed E-state index contributed by atoms with van der Waals surface area (Å²) in [6, 6.07) is 3.67. The molecule has 3 N–H and O–H groups in total. The van der Waals surface area contributed by atoms with E-state index in [2.05, 4.69) is 20.6 Å². The second-order valence-electron chi connectivity index (χ2n) is 4.87. The van der Waals surface area contributed by atoms with Crippen LogP contribution in [0.2, 0.25) is 0 Å². The van der Waals surface area contributed by atoms with Gasteiger partial charge in [-0.05, 0) is 12.1 Å². The first kappa shape index (κ1) is 13.6. The number of nitrogens with one attached hydrogen (secondary N) is 2. The molecule has 0 aliphatic carbocycles. The Balaban J connectivity index is 1.99. The van der Waals surface area contributed by atoms with Crippen molar-refractivity contribution in [3.05, 3.63) is 29.6 Å². The summed E-state index contributed by atoms with van der Waals surface area (Å²) in [5.74, 6) is 0.427. The van der Waals surface area contributed by atoms with Gasteiger partial charge in [0.2, 0.25) is 5.95 Å². The minimum absolute atomic E-state index is 0.0200. The predicted octanol–water partition coefficient (Wildman–Crippen LogP) is 0.172. The molecule has 3 rings (SSSR count). The first-order valence-corrected chi connectivity index (χ1v) is 6.85. The molecule has 1 aliphatic rings. The molecule has 0 fully saturated rings. The van der Waals surface area contributed by atoms with Crippen LogP contribution < -0.4 is 10.6 Å². The van der Waals surface area contributed by atoms with Gasteiger partial charge in [-0.2, -0.15) is 0 Å². The third-order valence-electron chi connectivity index (χ3n) is 3.56. The lowest BCUT2D eigenvalue weighted by Gasteiger charge is -2.14. The van der Waals surface area contributed by atoms with E-state index < -0.39 is 0 Å². The number of carbonyl (C=O) groups is 1. The van der Waals surface area contributed by atoms with Crippen LogP contribution in [0.5, 0.6) is 0 Å². The molecule has 0 atom stereocenters. The number of aliphatic hydroxyl groups is 1. The summed E-state index contributed by atoms with van der Waals surface area (Å²) in [5, 5.41) is 14.6. The van der Waals surface area contributed by atoms with Crippen LogP contribution in [0, 0.1) is 0 Å². The van der Waals surface area contributed by atoms with E-state index in [-0.39, 0.29) is 12.5 Å². The zero-order valence-corrected chi connectivity index (χ0v) is 11.8. The summed E-state index contributed by atoms with van der Waals surface area (Å²) >= 11 is 0. The Morgan fingerprint density at radius 1 is 1.52 bits per heavy atom. The molecular formula is C14H17N5O2. The Kier molecular flexibility index (Phi) is 3.57. The van der Waals surface area contributed by atoms with E-state index in [1.165, 1.54) is 0 Å². The van der Waals surface area contributed by atoms with E-state index >= 15 is 0 Å². The van der Waals surface area contributed by atoms with Gasteiger partial charge in [-0.1, -0.05) is 0 Å². The molecule has 2 aromatic heterocycles. The second kappa shape index (κ2) is 5.53. The Hall–Kier alpha value is -2.41. The maximum absolute atomic E-state index is 11.9.